The zero-order valence-corrected chi connectivity index (χ0v) is 10.6. The molecule has 0 saturated heterocycles. The van der Waals surface area contributed by atoms with Gasteiger partial charge < -0.3 is 0 Å². The molecule has 0 aromatic heterocycles. The molecule has 4 heteroatoms. The van der Waals surface area contributed by atoms with E-state index in [0.29, 0.717) is 0 Å². The highest BCUT2D eigenvalue weighted by Gasteiger charge is 2.09. The Bertz CT molecular complexity index is 130. The van der Waals surface area contributed by atoms with Gasteiger partial charge in [0.1, 0.15) is 0 Å². The average Bonchev–Trinajstić information content (AvgIpc) is 2.30. The quantitative estimate of drug-likeness (QED) is 0.311. The molecule has 98 valence electrons. The van der Waals surface area contributed by atoms with E-state index in [9.17, 15) is 0 Å². The molecule has 0 aliphatic heterocycles. The molecule has 0 spiro atoms. The summed E-state index contributed by atoms with van der Waals surface area (Å²) in [6.45, 7) is 4.31. The molecule has 0 heterocycles. The van der Waals surface area contributed by atoms with E-state index in [1.54, 1.807) is 0 Å². The summed E-state index contributed by atoms with van der Waals surface area (Å²) in [5, 5.41) is 15.6. The Morgan fingerprint density at radius 3 is 2.19 bits per heavy atom. The van der Waals surface area contributed by atoms with E-state index >= 15 is 0 Å². The van der Waals surface area contributed by atoms with Crippen LogP contribution in [-0.2, 0) is 15.0 Å². The lowest BCUT2D eigenvalue weighted by Crippen LogP contribution is -2.13. The lowest BCUT2D eigenvalue weighted by molar-refractivity contribution is -0.632. The molecule has 0 rings (SSSR count). The van der Waals surface area contributed by atoms with Crippen molar-refractivity contribution < 1.29 is 20.2 Å². The zero-order valence-electron chi connectivity index (χ0n) is 10.6. The van der Waals surface area contributed by atoms with Gasteiger partial charge >= 0.3 is 0 Å². The van der Waals surface area contributed by atoms with Crippen LogP contribution in [0.25, 0.3) is 0 Å². The summed E-state index contributed by atoms with van der Waals surface area (Å²) >= 11 is 0. The van der Waals surface area contributed by atoms with E-state index in [4.69, 9.17) is 10.1 Å². The third kappa shape index (κ3) is 10.4. The fraction of sp³-hybridized carbons (Fsp3) is 1.00. The van der Waals surface area contributed by atoms with Crippen molar-refractivity contribution >= 4 is 0 Å². The maximum atomic E-state index is 8.00. The first-order valence-corrected chi connectivity index (χ1v) is 6.48. The van der Waals surface area contributed by atoms with Crippen LogP contribution < -0.4 is 0 Å². The van der Waals surface area contributed by atoms with Crippen molar-refractivity contribution in [3.8, 4) is 0 Å². The second-order valence-electron chi connectivity index (χ2n) is 4.21. The van der Waals surface area contributed by atoms with Crippen molar-refractivity contribution in [3.05, 3.63) is 0 Å². The molecule has 0 bridgehead atoms. The third-order valence-corrected chi connectivity index (χ3v) is 2.70. The maximum Gasteiger partial charge on any atom is 0.0962 e. The zero-order chi connectivity index (χ0) is 12.1. The molecule has 1 unspecified atom stereocenters. The Morgan fingerprint density at radius 1 is 0.875 bits per heavy atom. The van der Waals surface area contributed by atoms with Crippen molar-refractivity contribution in [2.24, 2.45) is 0 Å². The monoisotopic (exact) mass is 234 g/mol. The van der Waals surface area contributed by atoms with E-state index < -0.39 is 0 Å². The lowest BCUT2D eigenvalue weighted by Gasteiger charge is -2.13. The van der Waals surface area contributed by atoms with E-state index in [-0.39, 0.29) is 6.10 Å². The molecule has 0 aliphatic rings. The number of rotatable bonds is 12. The predicted molar refractivity (Wildman–Crippen MR) is 62.6 cm³/mol. The first kappa shape index (κ1) is 15.8. The van der Waals surface area contributed by atoms with Crippen LogP contribution >= 0.6 is 0 Å². The van der Waals surface area contributed by atoms with Gasteiger partial charge in [0, 0.05) is 0 Å². The second kappa shape index (κ2) is 12.9. The van der Waals surface area contributed by atoms with Gasteiger partial charge in [0.15, 0.2) is 0 Å². The van der Waals surface area contributed by atoms with Gasteiger partial charge in [-0.3, -0.25) is 0 Å². The predicted octanol–water partition coefficient (Wildman–Crippen LogP) is 4.26. The summed E-state index contributed by atoms with van der Waals surface area (Å²) in [5.74, 6) is 0. The van der Waals surface area contributed by atoms with Gasteiger partial charge in [0.25, 0.3) is 0 Å². The van der Waals surface area contributed by atoms with Crippen LogP contribution in [0.15, 0.2) is 0 Å². The van der Waals surface area contributed by atoms with Gasteiger partial charge in [-0.25, -0.2) is 10.1 Å². The summed E-state index contributed by atoms with van der Waals surface area (Å²) in [5.41, 5.74) is 0. The summed E-state index contributed by atoms with van der Waals surface area (Å²) in [6, 6.07) is 0. The van der Waals surface area contributed by atoms with Crippen LogP contribution in [0.3, 0.4) is 0 Å². The van der Waals surface area contributed by atoms with Crippen molar-refractivity contribution in [1.29, 1.82) is 0 Å². The fourth-order valence-corrected chi connectivity index (χ4v) is 1.79. The molecule has 0 aromatic rings. The summed E-state index contributed by atoms with van der Waals surface area (Å²) in [6.07, 6.45) is 10.6. The minimum Gasteiger partial charge on any atom is -0.219 e. The highest BCUT2D eigenvalue weighted by Crippen LogP contribution is 2.14. The normalized spacial score (nSPS) is 12.9. The average molecular weight is 234 g/mol. The first-order chi connectivity index (χ1) is 7.85. The summed E-state index contributed by atoms with van der Waals surface area (Å²) in [7, 11) is 0. The summed E-state index contributed by atoms with van der Waals surface area (Å²) in [4.78, 5) is 4.89. The van der Waals surface area contributed by atoms with Crippen LogP contribution in [0.5, 0.6) is 0 Å². The van der Waals surface area contributed by atoms with E-state index in [1.165, 1.54) is 32.1 Å². The Kier molecular flexibility index (Phi) is 12.8. The van der Waals surface area contributed by atoms with Crippen molar-refractivity contribution in [2.75, 3.05) is 0 Å². The maximum absolute atomic E-state index is 8.00. The Morgan fingerprint density at radius 2 is 1.56 bits per heavy atom. The van der Waals surface area contributed by atoms with Gasteiger partial charge in [-0.15, -0.1) is 0 Å². The fourth-order valence-electron chi connectivity index (χ4n) is 1.79. The first-order valence-electron chi connectivity index (χ1n) is 6.48. The van der Waals surface area contributed by atoms with Crippen molar-refractivity contribution in [1.82, 2.24) is 0 Å². The van der Waals surface area contributed by atoms with Crippen molar-refractivity contribution in [3.63, 3.8) is 0 Å². The van der Waals surface area contributed by atoms with Crippen LogP contribution in [0.2, 0.25) is 0 Å². The molecule has 0 radical (unpaired) electrons. The van der Waals surface area contributed by atoms with Crippen LogP contribution in [0.4, 0.5) is 0 Å². The van der Waals surface area contributed by atoms with E-state index in [0.717, 1.165) is 25.7 Å². The van der Waals surface area contributed by atoms with E-state index in [2.05, 4.69) is 23.9 Å². The van der Waals surface area contributed by atoms with Gasteiger partial charge in [0.2, 0.25) is 0 Å². The molecule has 0 aromatic carbocycles. The van der Waals surface area contributed by atoms with Gasteiger partial charge in [-0.05, 0) is 22.9 Å². The molecule has 0 aliphatic carbocycles. The molecule has 16 heavy (non-hydrogen) atoms. The summed E-state index contributed by atoms with van der Waals surface area (Å²) < 4.78 is 0. The Balaban J connectivity index is 3.36. The largest absolute Gasteiger partial charge is 0.219 e. The molecule has 4 nitrogen and oxygen atoms in total. The lowest BCUT2D eigenvalue weighted by atomic mass is 10.0. The number of unbranched alkanes of at least 4 members (excludes halogenated alkanes) is 5. The number of hydrogen-bond acceptors (Lipinski definition) is 4. The molecule has 1 N–H and O–H groups in total. The third-order valence-electron chi connectivity index (χ3n) is 2.70. The molecule has 0 fully saturated rings. The Labute approximate surface area is 98.7 Å². The van der Waals surface area contributed by atoms with Gasteiger partial charge in [0.05, 0.1) is 6.10 Å². The second-order valence-corrected chi connectivity index (χ2v) is 4.21. The van der Waals surface area contributed by atoms with Gasteiger partial charge in [-0.2, -0.15) is 0 Å². The molecule has 0 amide bonds. The van der Waals surface area contributed by atoms with E-state index in [1.807, 2.05) is 0 Å². The minimum atomic E-state index is 0.0309. The van der Waals surface area contributed by atoms with Crippen molar-refractivity contribution in [2.45, 2.75) is 77.7 Å². The SMILES string of the molecule is CCCCCCCCC(CCC)OOOO. The molecule has 1 atom stereocenters. The number of hydrogen-bond donors (Lipinski definition) is 1. The van der Waals surface area contributed by atoms with Gasteiger partial charge in [-0.1, -0.05) is 58.8 Å². The minimum absolute atomic E-state index is 0.0309. The smallest absolute Gasteiger partial charge is 0.0962 e. The van der Waals surface area contributed by atoms with Crippen LogP contribution in [0.1, 0.15) is 71.6 Å². The molecule has 0 saturated carbocycles. The standard InChI is InChI=1S/C12H26O4/c1-3-5-6-7-8-9-11-12(10-4-2)14-16-15-13/h12-13H,3-11H2,1-2H3. The highest BCUT2D eigenvalue weighted by atomic mass is 17.6. The molecular weight excluding hydrogens is 208 g/mol. The topological polar surface area (TPSA) is 47.9 Å². The van der Waals surface area contributed by atoms with Crippen LogP contribution in [0, 0.1) is 0 Å². The van der Waals surface area contributed by atoms with Crippen LogP contribution in [-0.4, -0.2) is 11.4 Å². The molecular formula is C12H26O4. The highest BCUT2D eigenvalue weighted by molar-refractivity contribution is 4.56. The Hall–Kier alpha value is -0.160.